The van der Waals surface area contributed by atoms with Crippen LogP contribution in [-0.2, 0) is 4.79 Å². The third kappa shape index (κ3) is 0.730. The van der Waals surface area contributed by atoms with Gasteiger partial charge < -0.3 is 0 Å². The van der Waals surface area contributed by atoms with Crippen LogP contribution < -0.4 is 0 Å². The quantitative estimate of drug-likeness (QED) is 0.557. The van der Waals surface area contributed by atoms with Gasteiger partial charge in [0.1, 0.15) is 5.78 Å². The van der Waals surface area contributed by atoms with Crippen molar-refractivity contribution in [3.8, 4) is 0 Å². The van der Waals surface area contributed by atoms with Crippen LogP contribution in [0.3, 0.4) is 0 Å². The molecule has 0 N–H and O–H groups in total. The Hall–Kier alpha value is -0.330. The molecule has 0 saturated heterocycles. The lowest BCUT2D eigenvalue weighted by atomic mass is 9.36. The Labute approximate surface area is 79.9 Å². The van der Waals surface area contributed by atoms with E-state index in [9.17, 15) is 4.79 Å². The fourth-order valence-corrected chi connectivity index (χ4v) is 4.82. The maximum Gasteiger partial charge on any atom is 0.142 e. The van der Waals surface area contributed by atoms with Crippen molar-refractivity contribution < 1.29 is 4.79 Å². The molecule has 5 aliphatic rings. The predicted molar refractivity (Wildman–Crippen MR) is 51.2 cm³/mol. The summed E-state index contributed by atoms with van der Waals surface area (Å²) in [5.74, 6) is 2.67. The minimum absolute atomic E-state index is 0.0613. The summed E-state index contributed by atoms with van der Waals surface area (Å²) in [4.78, 5) is 12.0. The Morgan fingerprint density at radius 3 is 2.46 bits per heavy atom. The number of carbonyl (C=O) groups is 1. The average molecular weight is 178 g/mol. The molecule has 4 bridgehead atoms. The summed E-state index contributed by atoms with van der Waals surface area (Å²) in [5, 5.41) is 0. The zero-order valence-corrected chi connectivity index (χ0v) is 8.76. The number of rotatable bonds is 0. The second-order valence-electron chi connectivity index (χ2n) is 6.42. The molecule has 5 aliphatic carbocycles. The molecule has 0 heterocycles. The molecule has 1 nitrogen and oxygen atoms in total. The summed E-state index contributed by atoms with van der Waals surface area (Å²) in [6.45, 7) is 6.92. The van der Waals surface area contributed by atoms with E-state index >= 15 is 0 Å². The van der Waals surface area contributed by atoms with E-state index in [1.54, 1.807) is 0 Å². The first-order valence-corrected chi connectivity index (χ1v) is 5.48. The second-order valence-corrected chi connectivity index (χ2v) is 6.42. The second kappa shape index (κ2) is 1.87. The van der Waals surface area contributed by atoms with Crippen molar-refractivity contribution in [2.24, 2.45) is 28.6 Å². The SMILES string of the molecule is CC1(C)C[C@]2(C)C[C@@H]3C[C@H](C2=O)[C@@H]31. The molecular weight excluding hydrogens is 160 g/mol. The van der Waals surface area contributed by atoms with E-state index in [2.05, 4.69) is 20.8 Å². The van der Waals surface area contributed by atoms with Gasteiger partial charge in [0, 0.05) is 11.3 Å². The van der Waals surface area contributed by atoms with Gasteiger partial charge in [-0.05, 0) is 36.5 Å². The molecule has 1 heteroatoms. The van der Waals surface area contributed by atoms with Crippen LogP contribution in [0.5, 0.6) is 0 Å². The smallest absolute Gasteiger partial charge is 0.142 e. The molecule has 0 aromatic rings. The third-order valence-corrected chi connectivity index (χ3v) is 4.89. The van der Waals surface area contributed by atoms with Gasteiger partial charge in [-0.15, -0.1) is 0 Å². The Balaban J connectivity index is 2.07. The number of hydrogen-bond acceptors (Lipinski definition) is 1. The zero-order chi connectivity index (χ0) is 9.43. The van der Waals surface area contributed by atoms with Gasteiger partial charge in [-0.25, -0.2) is 0 Å². The summed E-state index contributed by atoms with van der Waals surface area (Å²) in [7, 11) is 0. The lowest BCUT2D eigenvalue weighted by Gasteiger charge is -2.67. The molecule has 13 heavy (non-hydrogen) atoms. The standard InChI is InChI=1S/C12H18O/c1-11(2)6-12(3)5-7-4-8(9(7)11)10(12)13/h7-9H,4-6H2,1-3H3/t7-,8-,9+,12-/m0/s1. The summed E-state index contributed by atoms with van der Waals surface area (Å²) in [5.41, 5.74) is 0.500. The van der Waals surface area contributed by atoms with Crippen LogP contribution in [0.1, 0.15) is 40.0 Å². The molecule has 5 rings (SSSR count). The number of Topliss-reactive ketones (excluding diaryl/α,β-unsaturated/α-hetero) is 1. The minimum Gasteiger partial charge on any atom is -0.299 e. The van der Waals surface area contributed by atoms with E-state index in [1.165, 1.54) is 12.8 Å². The number of hydrogen-bond donors (Lipinski definition) is 0. The van der Waals surface area contributed by atoms with Gasteiger partial charge in [-0.3, -0.25) is 4.79 Å². The maximum atomic E-state index is 12.0. The van der Waals surface area contributed by atoms with E-state index in [0.29, 0.717) is 17.1 Å². The molecule has 0 aromatic carbocycles. The van der Waals surface area contributed by atoms with Crippen molar-refractivity contribution in [2.45, 2.75) is 40.0 Å². The van der Waals surface area contributed by atoms with Gasteiger partial charge >= 0.3 is 0 Å². The first-order valence-electron chi connectivity index (χ1n) is 5.48. The number of carbonyl (C=O) groups excluding carboxylic acids is 1. The monoisotopic (exact) mass is 178 g/mol. The van der Waals surface area contributed by atoms with Crippen LogP contribution in [0, 0.1) is 28.6 Å². The highest BCUT2D eigenvalue weighted by Gasteiger charge is 2.66. The van der Waals surface area contributed by atoms with Crippen molar-refractivity contribution in [1.82, 2.24) is 0 Å². The van der Waals surface area contributed by atoms with Gasteiger partial charge in [-0.2, -0.15) is 0 Å². The molecule has 72 valence electrons. The third-order valence-electron chi connectivity index (χ3n) is 4.89. The first kappa shape index (κ1) is 8.02. The first-order chi connectivity index (χ1) is 5.94. The highest BCUT2D eigenvalue weighted by molar-refractivity contribution is 5.90. The molecule has 0 aliphatic heterocycles. The molecule has 5 saturated carbocycles. The highest BCUT2D eigenvalue weighted by atomic mass is 16.1. The molecule has 0 aromatic heterocycles. The topological polar surface area (TPSA) is 17.1 Å². The Kier molecular flexibility index (Phi) is 1.15. The molecule has 0 amide bonds. The maximum absolute atomic E-state index is 12.0. The summed E-state index contributed by atoms with van der Waals surface area (Å²) in [6.07, 6.45) is 3.54. The van der Waals surface area contributed by atoms with Gasteiger partial charge in [0.2, 0.25) is 0 Å². The van der Waals surface area contributed by atoms with Crippen LogP contribution in [0.2, 0.25) is 0 Å². The van der Waals surface area contributed by atoms with Crippen molar-refractivity contribution in [2.75, 3.05) is 0 Å². The normalized spacial score (nSPS) is 56.2. The minimum atomic E-state index is 0.0613. The molecule has 0 unspecified atom stereocenters. The van der Waals surface area contributed by atoms with Gasteiger partial charge in [0.15, 0.2) is 0 Å². The number of ketones is 1. The van der Waals surface area contributed by atoms with Crippen LogP contribution >= 0.6 is 0 Å². The Bertz CT molecular complexity index is 291. The van der Waals surface area contributed by atoms with Gasteiger partial charge in [0.25, 0.3) is 0 Å². The van der Waals surface area contributed by atoms with E-state index in [4.69, 9.17) is 0 Å². The Morgan fingerprint density at radius 1 is 1.31 bits per heavy atom. The zero-order valence-electron chi connectivity index (χ0n) is 8.76. The highest BCUT2D eigenvalue weighted by Crippen LogP contribution is 2.69. The number of fused-ring (bicyclic) bond motifs is 1. The molecular formula is C12H18O. The largest absolute Gasteiger partial charge is 0.299 e. The van der Waals surface area contributed by atoms with E-state index in [0.717, 1.165) is 18.3 Å². The fourth-order valence-electron chi connectivity index (χ4n) is 4.82. The van der Waals surface area contributed by atoms with Crippen molar-refractivity contribution in [3.05, 3.63) is 0 Å². The van der Waals surface area contributed by atoms with Crippen LogP contribution in [0.15, 0.2) is 0 Å². The molecule has 5 fully saturated rings. The Morgan fingerprint density at radius 2 is 2.00 bits per heavy atom. The molecule has 0 radical (unpaired) electrons. The summed E-state index contributed by atoms with van der Waals surface area (Å²) >= 11 is 0. The van der Waals surface area contributed by atoms with Crippen LogP contribution in [0.25, 0.3) is 0 Å². The van der Waals surface area contributed by atoms with E-state index < -0.39 is 0 Å². The predicted octanol–water partition coefficient (Wildman–Crippen LogP) is 2.65. The lowest BCUT2D eigenvalue weighted by Crippen LogP contribution is -2.65. The van der Waals surface area contributed by atoms with Crippen molar-refractivity contribution in [1.29, 1.82) is 0 Å². The lowest BCUT2D eigenvalue weighted by molar-refractivity contribution is -0.194. The fraction of sp³-hybridized carbons (Fsp3) is 0.917. The van der Waals surface area contributed by atoms with Crippen LogP contribution in [0.4, 0.5) is 0 Å². The summed E-state index contributed by atoms with van der Waals surface area (Å²) < 4.78 is 0. The van der Waals surface area contributed by atoms with Crippen LogP contribution in [-0.4, -0.2) is 5.78 Å². The van der Waals surface area contributed by atoms with Gasteiger partial charge in [-0.1, -0.05) is 20.8 Å². The molecule has 0 spiro atoms. The average Bonchev–Trinajstić information content (AvgIpc) is 1.88. The summed E-state index contributed by atoms with van der Waals surface area (Å²) in [6, 6.07) is 0. The van der Waals surface area contributed by atoms with Crippen molar-refractivity contribution in [3.63, 3.8) is 0 Å². The van der Waals surface area contributed by atoms with E-state index in [-0.39, 0.29) is 5.41 Å². The van der Waals surface area contributed by atoms with Gasteiger partial charge in [0.05, 0.1) is 0 Å². The van der Waals surface area contributed by atoms with E-state index in [1.807, 2.05) is 0 Å². The molecule has 4 atom stereocenters. The van der Waals surface area contributed by atoms with Crippen molar-refractivity contribution >= 4 is 5.78 Å².